The van der Waals surface area contributed by atoms with Crippen molar-refractivity contribution < 1.29 is 13.2 Å². The average molecular weight is 397 g/mol. The minimum absolute atomic E-state index is 0. The SMILES string of the molecule is C=CCCCC[C@H](c1c(Cl)cccc1C(F)(F)F)N1CCNCC1.Cl. The van der Waals surface area contributed by atoms with Crippen LogP contribution in [0, 0.1) is 0 Å². The molecule has 142 valence electrons. The highest BCUT2D eigenvalue weighted by Crippen LogP contribution is 2.41. The first-order valence-corrected chi connectivity index (χ1v) is 8.74. The van der Waals surface area contributed by atoms with Crippen molar-refractivity contribution in [2.24, 2.45) is 0 Å². The standard InChI is InChI=1S/C18H24ClF3N2.ClH/c1-2-3-4-5-9-16(24-12-10-23-11-13-24)17-14(18(20,21)22)7-6-8-15(17)19;/h2,6-8,16,23H,1,3-5,9-13H2;1H/t16-;/m1./s1. The van der Waals surface area contributed by atoms with Crippen LogP contribution in [0.1, 0.15) is 42.9 Å². The molecule has 2 rings (SSSR count). The van der Waals surface area contributed by atoms with Gasteiger partial charge in [0.15, 0.2) is 0 Å². The molecule has 0 radical (unpaired) electrons. The molecular weight excluding hydrogens is 372 g/mol. The molecule has 0 unspecified atom stereocenters. The number of unbranched alkanes of at least 4 members (excludes halogenated alkanes) is 2. The zero-order chi connectivity index (χ0) is 17.6. The van der Waals surface area contributed by atoms with Gasteiger partial charge in [-0.05, 0) is 31.4 Å². The predicted molar refractivity (Wildman–Crippen MR) is 99.6 cm³/mol. The van der Waals surface area contributed by atoms with Crippen LogP contribution >= 0.6 is 24.0 Å². The number of nitrogens with zero attached hydrogens (tertiary/aromatic N) is 1. The van der Waals surface area contributed by atoms with Crippen molar-refractivity contribution in [3.8, 4) is 0 Å². The Balaban J connectivity index is 0.00000312. The third-order valence-electron chi connectivity index (χ3n) is 4.42. The summed E-state index contributed by atoms with van der Waals surface area (Å²) in [5, 5.41) is 3.45. The van der Waals surface area contributed by atoms with Crippen LogP contribution in [0.4, 0.5) is 13.2 Å². The fraction of sp³-hybridized carbons (Fsp3) is 0.556. The Hall–Kier alpha value is -0.750. The smallest absolute Gasteiger partial charge is 0.314 e. The normalized spacial score (nSPS) is 17.0. The summed E-state index contributed by atoms with van der Waals surface area (Å²) >= 11 is 6.23. The van der Waals surface area contributed by atoms with Gasteiger partial charge < -0.3 is 5.32 Å². The van der Waals surface area contributed by atoms with Crippen LogP contribution in [-0.4, -0.2) is 31.1 Å². The second kappa shape index (κ2) is 10.4. The minimum Gasteiger partial charge on any atom is -0.314 e. The maximum atomic E-state index is 13.5. The molecule has 7 heteroatoms. The Morgan fingerprint density at radius 2 is 1.92 bits per heavy atom. The van der Waals surface area contributed by atoms with Crippen molar-refractivity contribution in [2.75, 3.05) is 26.2 Å². The van der Waals surface area contributed by atoms with Gasteiger partial charge in [0, 0.05) is 42.8 Å². The van der Waals surface area contributed by atoms with E-state index in [2.05, 4.69) is 16.8 Å². The van der Waals surface area contributed by atoms with Crippen molar-refractivity contribution in [1.82, 2.24) is 10.2 Å². The largest absolute Gasteiger partial charge is 0.416 e. The third kappa shape index (κ3) is 6.17. The second-order valence-electron chi connectivity index (χ2n) is 6.07. The molecule has 1 fully saturated rings. The summed E-state index contributed by atoms with van der Waals surface area (Å²) in [6.07, 6.45) is 0.773. The van der Waals surface area contributed by atoms with E-state index in [0.717, 1.165) is 51.5 Å². The lowest BCUT2D eigenvalue weighted by Gasteiger charge is -2.37. The van der Waals surface area contributed by atoms with Crippen molar-refractivity contribution in [1.29, 1.82) is 0 Å². The van der Waals surface area contributed by atoms with Crippen molar-refractivity contribution >= 4 is 24.0 Å². The Morgan fingerprint density at radius 3 is 2.52 bits per heavy atom. The van der Waals surface area contributed by atoms with Crippen molar-refractivity contribution in [3.63, 3.8) is 0 Å². The van der Waals surface area contributed by atoms with E-state index in [1.165, 1.54) is 6.07 Å². The van der Waals surface area contributed by atoms with E-state index in [0.29, 0.717) is 6.42 Å². The fourth-order valence-corrected chi connectivity index (χ4v) is 3.55. The minimum atomic E-state index is -4.40. The van der Waals surface area contributed by atoms with Gasteiger partial charge in [-0.15, -0.1) is 19.0 Å². The Labute approximate surface area is 158 Å². The summed E-state index contributed by atoms with van der Waals surface area (Å²) in [6, 6.07) is 3.77. The van der Waals surface area contributed by atoms with Crippen LogP contribution in [0.2, 0.25) is 5.02 Å². The van der Waals surface area contributed by atoms with Crippen molar-refractivity contribution in [3.05, 3.63) is 47.0 Å². The van der Waals surface area contributed by atoms with Crippen LogP contribution in [-0.2, 0) is 6.18 Å². The number of piperazine rings is 1. The molecule has 0 bridgehead atoms. The molecule has 0 saturated carbocycles. The van der Waals surface area contributed by atoms with Crippen LogP contribution in [0.3, 0.4) is 0 Å². The van der Waals surface area contributed by atoms with Gasteiger partial charge in [0.05, 0.1) is 5.56 Å². The molecule has 1 N–H and O–H groups in total. The summed E-state index contributed by atoms with van der Waals surface area (Å²) in [5.74, 6) is 0. The molecule has 1 aromatic rings. The Kier molecular flexibility index (Phi) is 9.28. The van der Waals surface area contributed by atoms with Crippen LogP contribution in [0.25, 0.3) is 0 Å². The molecule has 1 aliphatic heterocycles. The van der Waals surface area contributed by atoms with E-state index in [1.807, 2.05) is 6.08 Å². The predicted octanol–water partition coefficient (Wildman–Crippen LogP) is 5.47. The quantitative estimate of drug-likeness (QED) is 0.485. The summed E-state index contributed by atoms with van der Waals surface area (Å²) in [6.45, 7) is 6.73. The molecule has 0 spiro atoms. The molecule has 0 amide bonds. The molecule has 1 aliphatic rings. The monoisotopic (exact) mass is 396 g/mol. The number of hydrogen-bond donors (Lipinski definition) is 1. The number of rotatable bonds is 7. The highest BCUT2D eigenvalue weighted by Gasteiger charge is 2.37. The van der Waals surface area contributed by atoms with Crippen LogP contribution in [0.5, 0.6) is 0 Å². The molecule has 1 heterocycles. The third-order valence-corrected chi connectivity index (χ3v) is 4.75. The number of alkyl halides is 3. The molecular formula is C18H25Cl2F3N2. The van der Waals surface area contributed by atoms with Crippen LogP contribution < -0.4 is 5.32 Å². The molecule has 25 heavy (non-hydrogen) atoms. The highest BCUT2D eigenvalue weighted by molar-refractivity contribution is 6.31. The first-order valence-electron chi connectivity index (χ1n) is 8.36. The van der Waals surface area contributed by atoms with Gasteiger partial charge >= 0.3 is 6.18 Å². The van der Waals surface area contributed by atoms with Crippen LogP contribution in [0.15, 0.2) is 30.9 Å². The zero-order valence-electron chi connectivity index (χ0n) is 14.1. The zero-order valence-corrected chi connectivity index (χ0v) is 15.7. The summed E-state index contributed by atoms with van der Waals surface area (Å²) in [5.41, 5.74) is -0.380. The maximum Gasteiger partial charge on any atom is 0.416 e. The number of hydrogen-bond acceptors (Lipinski definition) is 2. The fourth-order valence-electron chi connectivity index (χ4n) is 3.25. The number of benzene rings is 1. The van der Waals surface area contributed by atoms with Crippen molar-refractivity contribution in [2.45, 2.75) is 37.9 Å². The lowest BCUT2D eigenvalue weighted by atomic mass is 9.93. The summed E-state index contributed by atoms with van der Waals surface area (Å²) < 4.78 is 40.5. The lowest BCUT2D eigenvalue weighted by molar-refractivity contribution is -0.138. The summed E-state index contributed by atoms with van der Waals surface area (Å²) in [7, 11) is 0. The van der Waals surface area contributed by atoms with E-state index in [-0.39, 0.29) is 29.0 Å². The molecule has 1 atom stereocenters. The summed E-state index contributed by atoms with van der Waals surface area (Å²) in [4.78, 5) is 2.13. The van der Waals surface area contributed by atoms with E-state index < -0.39 is 11.7 Å². The number of allylic oxidation sites excluding steroid dienone is 1. The molecule has 0 aromatic heterocycles. The van der Waals surface area contributed by atoms with E-state index >= 15 is 0 Å². The van der Waals surface area contributed by atoms with Gasteiger partial charge in [-0.3, -0.25) is 4.90 Å². The average Bonchev–Trinajstić information content (AvgIpc) is 2.55. The Morgan fingerprint density at radius 1 is 1.24 bits per heavy atom. The van der Waals surface area contributed by atoms with Gasteiger partial charge in [0.2, 0.25) is 0 Å². The topological polar surface area (TPSA) is 15.3 Å². The first-order chi connectivity index (χ1) is 11.4. The lowest BCUT2D eigenvalue weighted by Crippen LogP contribution is -2.45. The van der Waals surface area contributed by atoms with Gasteiger partial charge in [-0.1, -0.05) is 30.2 Å². The van der Waals surface area contributed by atoms with Gasteiger partial charge in [0.1, 0.15) is 0 Å². The van der Waals surface area contributed by atoms with Gasteiger partial charge in [0.25, 0.3) is 0 Å². The molecule has 1 aromatic carbocycles. The second-order valence-corrected chi connectivity index (χ2v) is 6.48. The van der Waals surface area contributed by atoms with E-state index in [1.54, 1.807) is 6.07 Å². The Bertz CT molecular complexity index is 544. The van der Waals surface area contributed by atoms with Gasteiger partial charge in [-0.2, -0.15) is 13.2 Å². The molecule has 0 aliphatic carbocycles. The molecule has 2 nitrogen and oxygen atoms in total. The van der Waals surface area contributed by atoms with Gasteiger partial charge in [-0.25, -0.2) is 0 Å². The first kappa shape index (κ1) is 22.3. The van der Waals surface area contributed by atoms with E-state index in [9.17, 15) is 13.2 Å². The highest BCUT2D eigenvalue weighted by atomic mass is 35.5. The molecule has 1 saturated heterocycles. The number of halogens is 5. The number of nitrogens with one attached hydrogen (secondary N) is 1. The van der Waals surface area contributed by atoms with E-state index in [4.69, 9.17) is 11.6 Å². The maximum absolute atomic E-state index is 13.5.